The van der Waals surface area contributed by atoms with Crippen LogP contribution in [-0.4, -0.2) is 26.2 Å². The molecule has 4 rings (SSSR count). The van der Waals surface area contributed by atoms with Crippen molar-refractivity contribution in [2.45, 2.75) is 24.7 Å². The SMILES string of the molecule is C=CCn1c(SCC(=O)N[C@@H](C)c2cc3ccccc3o2)nc2ncccc2c1=O. The third-order valence-electron chi connectivity index (χ3n) is 4.59. The molecule has 0 radical (unpaired) electrons. The van der Waals surface area contributed by atoms with Gasteiger partial charge in [0, 0.05) is 18.1 Å². The number of nitrogens with zero attached hydrogens (tertiary/aromatic N) is 3. The van der Waals surface area contributed by atoms with E-state index in [-0.39, 0.29) is 23.3 Å². The smallest absolute Gasteiger partial charge is 0.263 e. The Morgan fingerprint density at radius 3 is 2.97 bits per heavy atom. The average molecular weight is 420 g/mol. The number of benzene rings is 1. The van der Waals surface area contributed by atoms with Crippen molar-refractivity contribution in [3.8, 4) is 0 Å². The molecule has 30 heavy (non-hydrogen) atoms. The molecule has 3 aromatic heterocycles. The van der Waals surface area contributed by atoms with Crippen molar-refractivity contribution in [1.82, 2.24) is 19.9 Å². The van der Waals surface area contributed by atoms with E-state index in [1.807, 2.05) is 37.3 Å². The minimum absolute atomic E-state index is 0.104. The third-order valence-corrected chi connectivity index (χ3v) is 5.56. The summed E-state index contributed by atoms with van der Waals surface area (Å²) in [4.78, 5) is 33.9. The average Bonchev–Trinajstić information content (AvgIpc) is 3.19. The van der Waals surface area contributed by atoms with Crippen LogP contribution in [0.15, 0.2) is 75.7 Å². The highest BCUT2D eigenvalue weighted by molar-refractivity contribution is 7.99. The van der Waals surface area contributed by atoms with Crippen molar-refractivity contribution in [3.63, 3.8) is 0 Å². The van der Waals surface area contributed by atoms with Crippen molar-refractivity contribution in [1.29, 1.82) is 0 Å². The first-order valence-electron chi connectivity index (χ1n) is 9.44. The number of allylic oxidation sites excluding steroid dienone is 1. The molecule has 0 saturated heterocycles. The van der Waals surface area contributed by atoms with Gasteiger partial charge in [0.25, 0.3) is 5.56 Å². The Hall–Kier alpha value is -3.39. The molecule has 1 aromatic carbocycles. The van der Waals surface area contributed by atoms with Gasteiger partial charge in [0.15, 0.2) is 10.8 Å². The number of aromatic nitrogens is 3. The number of hydrogen-bond donors (Lipinski definition) is 1. The molecule has 0 spiro atoms. The molecular weight excluding hydrogens is 400 g/mol. The summed E-state index contributed by atoms with van der Waals surface area (Å²) >= 11 is 1.19. The molecule has 0 aliphatic rings. The summed E-state index contributed by atoms with van der Waals surface area (Å²) in [6, 6.07) is 12.7. The van der Waals surface area contributed by atoms with Gasteiger partial charge in [-0.05, 0) is 31.2 Å². The summed E-state index contributed by atoms with van der Waals surface area (Å²) in [6.45, 7) is 5.87. The van der Waals surface area contributed by atoms with Gasteiger partial charge in [-0.2, -0.15) is 0 Å². The van der Waals surface area contributed by atoms with Crippen molar-refractivity contribution < 1.29 is 9.21 Å². The molecule has 152 valence electrons. The van der Waals surface area contributed by atoms with E-state index in [0.29, 0.717) is 28.5 Å². The Kier molecular flexibility index (Phi) is 5.67. The lowest BCUT2D eigenvalue weighted by molar-refractivity contribution is -0.119. The topological polar surface area (TPSA) is 90.0 Å². The first-order chi connectivity index (χ1) is 14.6. The molecule has 3 heterocycles. The van der Waals surface area contributed by atoms with E-state index in [0.717, 1.165) is 11.0 Å². The van der Waals surface area contributed by atoms with Gasteiger partial charge < -0.3 is 9.73 Å². The van der Waals surface area contributed by atoms with Crippen LogP contribution in [0.4, 0.5) is 0 Å². The second-order valence-corrected chi connectivity index (χ2v) is 7.68. The van der Waals surface area contributed by atoms with Crippen LogP contribution < -0.4 is 10.9 Å². The number of thioether (sulfide) groups is 1. The van der Waals surface area contributed by atoms with E-state index in [9.17, 15) is 9.59 Å². The van der Waals surface area contributed by atoms with Gasteiger partial charge in [0.05, 0.1) is 17.2 Å². The quantitative estimate of drug-likeness (QED) is 0.279. The lowest BCUT2D eigenvalue weighted by atomic mass is 10.2. The molecule has 0 saturated carbocycles. The standard InChI is InChI=1S/C22H20N4O3S/c1-3-11-26-21(28)16-8-6-10-23-20(16)25-22(26)30-13-19(27)24-14(2)18-12-15-7-4-5-9-17(15)29-18/h3-10,12,14H,1,11,13H2,2H3,(H,24,27)/t14-/m0/s1. The number of rotatable bonds is 7. The van der Waals surface area contributed by atoms with Gasteiger partial charge >= 0.3 is 0 Å². The van der Waals surface area contributed by atoms with Gasteiger partial charge in [-0.3, -0.25) is 14.2 Å². The Labute approximate surface area is 176 Å². The van der Waals surface area contributed by atoms with Gasteiger partial charge in [-0.1, -0.05) is 36.0 Å². The summed E-state index contributed by atoms with van der Waals surface area (Å²) < 4.78 is 7.31. The van der Waals surface area contributed by atoms with Crippen LogP contribution in [0.1, 0.15) is 18.7 Å². The fourth-order valence-electron chi connectivity index (χ4n) is 3.14. The number of furan rings is 1. The number of para-hydroxylation sites is 1. The molecular formula is C22H20N4O3S. The molecule has 1 amide bonds. The molecule has 1 N–H and O–H groups in total. The van der Waals surface area contributed by atoms with Gasteiger partial charge in [-0.15, -0.1) is 6.58 Å². The van der Waals surface area contributed by atoms with Crippen molar-refractivity contribution >= 4 is 39.7 Å². The largest absolute Gasteiger partial charge is 0.459 e. The molecule has 0 unspecified atom stereocenters. The zero-order valence-electron chi connectivity index (χ0n) is 16.4. The first kappa shape index (κ1) is 19.9. The number of nitrogens with one attached hydrogen (secondary N) is 1. The van der Waals surface area contributed by atoms with E-state index >= 15 is 0 Å². The lowest BCUT2D eigenvalue weighted by Crippen LogP contribution is -2.29. The third kappa shape index (κ3) is 3.99. The molecule has 8 heteroatoms. The second-order valence-electron chi connectivity index (χ2n) is 6.74. The summed E-state index contributed by atoms with van der Waals surface area (Å²) in [6.07, 6.45) is 3.21. The molecule has 0 bridgehead atoms. The number of amides is 1. The number of carbonyl (C=O) groups excluding carboxylic acids is 1. The zero-order valence-corrected chi connectivity index (χ0v) is 17.2. The van der Waals surface area contributed by atoms with E-state index in [4.69, 9.17) is 4.42 Å². The summed E-state index contributed by atoms with van der Waals surface area (Å²) in [5.74, 6) is 0.603. The predicted octanol–water partition coefficient (Wildman–Crippen LogP) is 3.69. The zero-order chi connectivity index (χ0) is 21.1. The monoisotopic (exact) mass is 420 g/mol. The summed E-state index contributed by atoms with van der Waals surface area (Å²) in [7, 11) is 0. The number of pyridine rings is 1. The Balaban J connectivity index is 1.49. The number of carbonyl (C=O) groups is 1. The van der Waals surface area contributed by atoms with Crippen molar-refractivity contribution in [2.24, 2.45) is 0 Å². The fraction of sp³-hybridized carbons (Fsp3) is 0.182. The molecule has 1 atom stereocenters. The molecule has 0 aliphatic carbocycles. The molecule has 4 aromatic rings. The molecule has 0 aliphatic heterocycles. The first-order valence-corrected chi connectivity index (χ1v) is 10.4. The van der Waals surface area contributed by atoms with Crippen LogP contribution in [0.3, 0.4) is 0 Å². The maximum atomic E-state index is 12.7. The van der Waals surface area contributed by atoms with Crippen molar-refractivity contribution in [3.05, 3.63) is 77.4 Å². The van der Waals surface area contributed by atoms with Crippen LogP contribution in [0.25, 0.3) is 22.0 Å². The summed E-state index contributed by atoms with van der Waals surface area (Å²) in [5, 5.41) is 4.78. The van der Waals surface area contributed by atoms with Crippen LogP contribution in [0.5, 0.6) is 0 Å². The van der Waals surface area contributed by atoms with Gasteiger partial charge in [0.2, 0.25) is 5.91 Å². The Morgan fingerprint density at radius 2 is 2.17 bits per heavy atom. The predicted molar refractivity (Wildman–Crippen MR) is 117 cm³/mol. The highest BCUT2D eigenvalue weighted by atomic mass is 32.2. The highest BCUT2D eigenvalue weighted by Crippen LogP contribution is 2.24. The minimum Gasteiger partial charge on any atom is -0.459 e. The lowest BCUT2D eigenvalue weighted by Gasteiger charge is -2.13. The maximum Gasteiger partial charge on any atom is 0.263 e. The Morgan fingerprint density at radius 1 is 1.33 bits per heavy atom. The second kappa shape index (κ2) is 8.54. The van der Waals surface area contributed by atoms with E-state index in [1.165, 1.54) is 16.3 Å². The van der Waals surface area contributed by atoms with Crippen LogP contribution >= 0.6 is 11.8 Å². The number of fused-ring (bicyclic) bond motifs is 2. The number of hydrogen-bond acceptors (Lipinski definition) is 6. The maximum absolute atomic E-state index is 12.7. The Bertz CT molecular complexity index is 1260. The van der Waals surface area contributed by atoms with Crippen molar-refractivity contribution in [2.75, 3.05) is 5.75 Å². The minimum atomic E-state index is -0.285. The summed E-state index contributed by atoms with van der Waals surface area (Å²) in [5.41, 5.74) is 0.942. The molecule has 7 nitrogen and oxygen atoms in total. The highest BCUT2D eigenvalue weighted by Gasteiger charge is 2.16. The van der Waals surface area contributed by atoms with Crippen LogP contribution in [-0.2, 0) is 11.3 Å². The van der Waals surface area contributed by atoms with Crippen LogP contribution in [0.2, 0.25) is 0 Å². The van der Waals surface area contributed by atoms with E-state index in [2.05, 4.69) is 21.9 Å². The van der Waals surface area contributed by atoms with Gasteiger partial charge in [0.1, 0.15) is 11.3 Å². The van der Waals surface area contributed by atoms with E-state index in [1.54, 1.807) is 24.4 Å². The molecule has 0 fully saturated rings. The fourth-order valence-corrected chi connectivity index (χ4v) is 3.94. The van der Waals surface area contributed by atoms with Gasteiger partial charge in [-0.25, -0.2) is 9.97 Å². The van der Waals surface area contributed by atoms with E-state index < -0.39 is 0 Å². The normalized spacial score (nSPS) is 12.2. The van der Waals surface area contributed by atoms with Crippen LogP contribution in [0, 0.1) is 0 Å².